The summed E-state index contributed by atoms with van der Waals surface area (Å²) in [7, 11) is 2.07. The average Bonchev–Trinajstić information content (AvgIpc) is 3.07. The van der Waals surface area contributed by atoms with E-state index in [0.717, 1.165) is 17.8 Å². The van der Waals surface area contributed by atoms with Gasteiger partial charge in [0.15, 0.2) is 5.13 Å². The van der Waals surface area contributed by atoms with E-state index in [2.05, 4.69) is 61.2 Å². The number of likely N-dealkylation sites (tertiary alicyclic amines) is 1. The van der Waals surface area contributed by atoms with E-state index in [9.17, 15) is 4.79 Å². The summed E-state index contributed by atoms with van der Waals surface area (Å²) in [5.74, 6) is 0.145. The molecule has 0 bridgehead atoms. The van der Waals surface area contributed by atoms with E-state index in [4.69, 9.17) is 0 Å². The predicted molar refractivity (Wildman–Crippen MR) is 95.9 cm³/mol. The molecule has 3 rings (SSSR count). The molecule has 5 heteroatoms. The van der Waals surface area contributed by atoms with Crippen molar-refractivity contribution in [3.05, 3.63) is 35.5 Å². The molecular weight excluding hydrogens is 306 g/mol. The summed E-state index contributed by atoms with van der Waals surface area (Å²) in [5.41, 5.74) is 3.67. The molecule has 0 radical (unpaired) electrons. The van der Waals surface area contributed by atoms with Crippen molar-refractivity contribution in [2.75, 3.05) is 18.9 Å². The lowest BCUT2D eigenvalue weighted by Gasteiger charge is -2.12. The topological polar surface area (TPSA) is 45.2 Å². The van der Waals surface area contributed by atoms with Gasteiger partial charge in [-0.05, 0) is 45.4 Å². The van der Waals surface area contributed by atoms with Crippen molar-refractivity contribution in [3.63, 3.8) is 0 Å². The number of anilines is 1. The highest BCUT2D eigenvalue weighted by Crippen LogP contribution is 2.32. The van der Waals surface area contributed by atoms with Gasteiger partial charge in [-0.2, -0.15) is 0 Å². The third-order valence-electron chi connectivity index (χ3n) is 4.64. The lowest BCUT2D eigenvalue weighted by molar-refractivity contribution is -0.119. The lowest BCUT2D eigenvalue weighted by Crippen LogP contribution is -2.25. The minimum atomic E-state index is 0.0588. The van der Waals surface area contributed by atoms with E-state index in [1.54, 1.807) is 0 Å². The van der Waals surface area contributed by atoms with Crippen LogP contribution in [-0.4, -0.2) is 35.4 Å². The summed E-state index contributed by atoms with van der Waals surface area (Å²) in [5, 5.41) is 3.67. The Balaban J connectivity index is 1.71. The van der Waals surface area contributed by atoms with E-state index in [1.165, 1.54) is 28.0 Å². The van der Waals surface area contributed by atoms with Gasteiger partial charge in [0.05, 0.1) is 10.8 Å². The van der Waals surface area contributed by atoms with Crippen molar-refractivity contribution >= 4 is 22.4 Å². The first-order chi connectivity index (χ1) is 10.9. The predicted octanol–water partition coefficient (Wildman–Crippen LogP) is 3.71. The van der Waals surface area contributed by atoms with Gasteiger partial charge in [0.25, 0.3) is 0 Å². The van der Waals surface area contributed by atoms with Crippen molar-refractivity contribution < 1.29 is 4.79 Å². The van der Waals surface area contributed by atoms with Gasteiger partial charge in [-0.3, -0.25) is 4.79 Å². The Morgan fingerprint density at radius 1 is 1.39 bits per heavy atom. The summed E-state index contributed by atoms with van der Waals surface area (Å²) in [4.78, 5) is 20.1. The molecule has 2 atom stereocenters. The Morgan fingerprint density at radius 2 is 2.17 bits per heavy atom. The number of benzene rings is 1. The van der Waals surface area contributed by atoms with Gasteiger partial charge in [0, 0.05) is 18.8 Å². The first-order valence-electron chi connectivity index (χ1n) is 7.98. The highest BCUT2D eigenvalue weighted by molar-refractivity contribution is 7.19. The number of hydrogen-bond acceptors (Lipinski definition) is 4. The van der Waals surface area contributed by atoms with Crippen LogP contribution in [0.1, 0.15) is 24.5 Å². The molecule has 2 heterocycles. The van der Waals surface area contributed by atoms with Gasteiger partial charge < -0.3 is 10.2 Å². The van der Waals surface area contributed by atoms with Crippen LogP contribution in [0, 0.1) is 19.8 Å². The quantitative estimate of drug-likeness (QED) is 0.934. The maximum atomic E-state index is 12.4. The monoisotopic (exact) mass is 329 g/mol. The van der Waals surface area contributed by atoms with E-state index in [-0.39, 0.29) is 11.8 Å². The van der Waals surface area contributed by atoms with Crippen LogP contribution in [0.25, 0.3) is 10.4 Å². The van der Waals surface area contributed by atoms with Crippen LogP contribution in [0.4, 0.5) is 5.13 Å². The molecule has 1 aromatic carbocycles. The maximum Gasteiger partial charge on any atom is 0.230 e. The fraction of sp³-hybridized carbons (Fsp3) is 0.444. The van der Waals surface area contributed by atoms with Crippen LogP contribution in [0.3, 0.4) is 0 Å². The standard InChI is InChI=1S/C18H23N3OS/c1-11-5-6-15(12(2)7-11)16-9-19-18(23-16)20-17(22)14-8-13(3)21(4)10-14/h5-7,9,13-14H,8,10H2,1-4H3,(H,19,20,22)/t13-,14+/m1/s1. The summed E-state index contributed by atoms with van der Waals surface area (Å²) >= 11 is 1.54. The molecule has 1 aliphatic heterocycles. The molecule has 1 saturated heterocycles. The molecule has 1 amide bonds. The molecule has 1 N–H and O–H groups in total. The Hall–Kier alpha value is -1.72. The van der Waals surface area contributed by atoms with Crippen molar-refractivity contribution in [2.24, 2.45) is 5.92 Å². The number of nitrogens with one attached hydrogen (secondary N) is 1. The lowest BCUT2D eigenvalue weighted by atomic mass is 10.1. The molecule has 2 aromatic rings. The molecule has 0 saturated carbocycles. The number of aromatic nitrogens is 1. The first-order valence-corrected chi connectivity index (χ1v) is 8.80. The van der Waals surface area contributed by atoms with Gasteiger partial charge >= 0.3 is 0 Å². The number of aryl methyl sites for hydroxylation is 2. The number of nitrogens with zero attached hydrogens (tertiary/aromatic N) is 2. The number of hydrogen-bond donors (Lipinski definition) is 1. The van der Waals surface area contributed by atoms with Crippen molar-refractivity contribution in [1.29, 1.82) is 0 Å². The van der Waals surface area contributed by atoms with E-state index in [1.807, 2.05) is 6.20 Å². The minimum absolute atomic E-state index is 0.0588. The van der Waals surface area contributed by atoms with Crippen molar-refractivity contribution in [2.45, 2.75) is 33.2 Å². The molecule has 0 aliphatic carbocycles. The van der Waals surface area contributed by atoms with E-state index >= 15 is 0 Å². The second kappa shape index (κ2) is 6.42. The Bertz CT molecular complexity index is 715. The molecule has 0 spiro atoms. The molecule has 1 fully saturated rings. The SMILES string of the molecule is Cc1ccc(-c2cnc(NC(=O)[C@H]3C[C@@H](C)N(C)C3)s2)c(C)c1. The molecule has 23 heavy (non-hydrogen) atoms. The molecule has 0 unspecified atom stereocenters. The molecular formula is C18H23N3OS. The minimum Gasteiger partial charge on any atom is -0.303 e. The highest BCUT2D eigenvalue weighted by Gasteiger charge is 2.31. The van der Waals surface area contributed by atoms with Crippen LogP contribution in [0.15, 0.2) is 24.4 Å². The number of amides is 1. The maximum absolute atomic E-state index is 12.4. The van der Waals surface area contributed by atoms with Crippen LogP contribution in [0.5, 0.6) is 0 Å². The smallest absolute Gasteiger partial charge is 0.230 e. The Morgan fingerprint density at radius 3 is 2.83 bits per heavy atom. The number of thiazole rings is 1. The fourth-order valence-corrected chi connectivity index (χ4v) is 4.05. The van der Waals surface area contributed by atoms with E-state index in [0.29, 0.717) is 11.2 Å². The second-order valence-electron chi connectivity index (χ2n) is 6.56. The van der Waals surface area contributed by atoms with Crippen molar-refractivity contribution in [3.8, 4) is 10.4 Å². The van der Waals surface area contributed by atoms with Crippen LogP contribution in [0.2, 0.25) is 0 Å². The third-order valence-corrected chi connectivity index (χ3v) is 5.59. The summed E-state index contributed by atoms with van der Waals surface area (Å²) in [6.45, 7) is 7.18. The van der Waals surface area contributed by atoms with Gasteiger partial charge in [-0.1, -0.05) is 35.1 Å². The number of carbonyl (C=O) groups is 1. The van der Waals surface area contributed by atoms with Crippen molar-refractivity contribution in [1.82, 2.24) is 9.88 Å². The molecule has 1 aliphatic rings. The normalized spacial score (nSPS) is 21.6. The van der Waals surface area contributed by atoms with Gasteiger partial charge in [0.2, 0.25) is 5.91 Å². The zero-order valence-corrected chi connectivity index (χ0v) is 14.9. The zero-order valence-electron chi connectivity index (χ0n) is 14.1. The second-order valence-corrected chi connectivity index (χ2v) is 7.59. The number of rotatable bonds is 3. The molecule has 4 nitrogen and oxygen atoms in total. The van der Waals surface area contributed by atoms with Gasteiger partial charge in [-0.15, -0.1) is 0 Å². The Kier molecular flexibility index (Phi) is 4.50. The number of carbonyl (C=O) groups excluding carboxylic acids is 1. The first kappa shape index (κ1) is 16.1. The van der Waals surface area contributed by atoms with Gasteiger partial charge in [-0.25, -0.2) is 4.98 Å². The average molecular weight is 329 g/mol. The van der Waals surface area contributed by atoms with Crippen LogP contribution in [-0.2, 0) is 4.79 Å². The van der Waals surface area contributed by atoms with Crippen LogP contribution < -0.4 is 5.32 Å². The molecule has 1 aromatic heterocycles. The fourth-order valence-electron chi connectivity index (χ4n) is 3.14. The Labute approximate surface area is 141 Å². The summed E-state index contributed by atoms with van der Waals surface area (Å²) in [6, 6.07) is 6.86. The van der Waals surface area contributed by atoms with Gasteiger partial charge in [0.1, 0.15) is 0 Å². The summed E-state index contributed by atoms with van der Waals surface area (Å²) < 4.78 is 0. The molecule has 122 valence electrons. The highest BCUT2D eigenvalue weighted by atomic mass is 32.1. The van der Waals surface area contributed by atoms with E-state index < -0.39 is 0 Å². The summed E-state index contributed by atoms with van der Waals surface area (Å²) in [6.07, 6.45) is 2.76. The largest absolute Gasteiger partial charge is 0.303 e. The van der Waals surface area contributed by atoms with Crippen LogP contribution >= 0.6 is 11.3 Å². The third kappa shape index (κ3) is 3.46. The zero-order chi connectivity index (χ0) is 16.6.